The Balaban J connectivity index is 1.19. The maximum absolute atomic E-state index is 14.3. The van der Waals surface area contributed by atoms with Crippen LogP contribution in [0.4, 0.5) is 5.95 Å². The fourth-order valence-electron chi connectivity index (χ4n) is 5.00. The first kappa shape index (κ1) is 30.4. The fraction of sp³-hybridized carbons (Fsp3) is 0.267. The number of imidazole rings is 1. The molecule has 14 nitrogen and oxygen atoms in total. The Bertz CT molecular complexity index is 1930. The number of aliphatic hydroxyl groups is 1. The summed E-state index contributed by atoms with van der Waals surface area (Å²) in [5.41, 5.74) is 6.23. The molecule has 6 rings (SSSR count). The third kappa shape index (κ3) is 6.75. The molecule has 1 unspecified atom stereocenters. The lowest BCUT2D eigenvalue weighted by Crippen LogP contribution is -2.36. The van der Waals surface area contributed by atoms with Crippen LogP contribution in [0, 0.1) is 0 Å². The standard InChI is InChI=1S/C30H31N6O8P/c1-18(29(39)41-15-19-8-3-2-4-9-19)35-45(40,44-23-13-7-11-20-10-5-6-12-21(20)23)42-16-24-22(37)14-25(43-24)36-17-32-26-27(36)33-30(31)34-28(26)38/h2-13,17-18,22,24-25,37H,14-16H2,1H3,(H,35,40)(H3,31,33,34,38)/t18-,22-,24+,25+,45?/m0/s1. The average Bonchev–Trinajstić information content (AvgIpc) is 3.62. The third-order valence-electron chi connectivity index (χ3n) is 7.27. The van der Waals surface area contributed by atoms with Crippen LogP contribution in [0.2, 0.25) is 0 Å². The molecule has 0 saturated carbocycles. The monoisotopic (exact) mass is 634 g/mol. The van der Waals surface area contributed by atoms with Gasteiger partial charge in [-0.3, -0.25) is 23.7 Å². The van der Waals surface area contributed by atoms with Gasteiger partial charge < -0.3 is 24.8 Å². The summed E-state index contributed by atoms with van der Waals surface area (Å²) < 4.78 is 39.0. The lowest BCUT2D eigenvalue weighted by Gasteiger charge is -2.25. The summed E-state index contributed by atoms with van der Waals surface area (Å²) >= 11 is 0. The lowest BCUT2D eigenvalue weighted by atomic mass is 10.1. The summed E-state index contributed by atoms with van der Waals surface area (Å²) in [4.78, 5) is 35.7. The zero-order valence-corrected chi connectivity index (χ0v) is 25.0. The highest BCUT2D eigenvalue weighted by molar-refractivity contribution is 7.52. The minimum absolute atomic E-state index is 0.0276. The molecule has 5 aromatic rings. The van der Waals surface area contributed by atoms with Gasteiger partial charge in [0.25, 0.3) is 5.56 Å². The molecule has 0 spiro atoms. The predicted octanol–water partition coefficient (Wildman–Crippen LogP) is 3.43. The van der Waals surface area contributed by atoms with Gasteiger partial charge in [0.1, 0.15) is 30.7 Å². The molecule has 1 aliphatic heterocycles. The number of nitrogen functional groups attached to an aromatic ring is 1. The van der Waals surface area contributed by atoms with E-state index in [9.17, 15) is 19.3 Å². The van der Waals surface area contributed by atoms with Gasteiger partial charge in [-0.05, 0) is 23.9 Å². The molecule has 234 valence electrons. The van der Waals surface area contributed by atoms with Crippen LogP contribution < -0.4 is 20.9 Å². The van der Waals surface area contributed by atoms with E-state index in [1.807, 2.05) is 60.7 Å². The van der Waals surface area contributed by atoms with Gasteiger partial charge in [-0.2, -0.15) is 10.1 Å². The smallest absolute Gasteiger partial charge is 0.459 e. The summed E-state index contributed by atoms with van der Waals surface area (Å²) in [5.74, 6) is -0.504. The maximum Gasteiger partial charge on any atom is 0.459 e. The highest BCUT2D eigenvalue weighted by atomic mass is 31.2. The molecule has 0 radical (unpaired) electrons. The molecule has 3 heterocycles. The first-order valence-corrected chi connectivity index (χ1v) is 15.7. The molecule has 5 N–H and O–H groups in total. The molecule has 0 amide bonds. The minimum Gasteiger partial charge on any atom is -0.460 e. The molecule has 45 heavy (non-hydrogen) atoms. The molecular formula is C30H31N6O8P. The number of fused-ring (bicyclic) bond motifs is 2. The highest BCUT2D eigenvalue weighted by Crippen LogP contribution is 2.47. The number of hydrogen-bond acceptors (Lipinski definition) is 11. The van der Waals surface area contributed by atoms with E-state index >= 15 is 0 Å². The normalized spacial score (nSPS) is 20.2. The van der Waals surface area contributed by atoms with E-state index in [-0.39, 0.29) is 42.5 Å². The molecule has 2 aromatic heterocycles. The number of nitrogens with one attached hydrogen (secondary N) is 2. The number of H-pyrrole nitrogens is 1. The number of aromatic amines is 1. The van der Waals surface area contributed by atoms with Crippen molar-refractivity contribution >= 4 is 41.6 Å². The molecule has 3 aromatic carbocycles. The number of nitrogens with zero attached hydrogens (tertiary/aromatic N) is 3. The second-order valence-corrected chi connectivity index (χ2v) is 12.2. The number of aliphatic hydroxyl groups excluding tert-OH is 1. The van der Waals surface area contributed by atoms with Crippen molar-refractivity contribution in [2.75, 3.05) is 12.3 Å². The molecule has 0 bridgehead atoms. The number of hydrogen-bond donors (Lipinski definition) is 4. The van der Waals surface area contributed by atoms with Gasteiger partial charge in [-0.1, -0.05) is 66.7 Å². The summed E-state index contributed by atoms with van der Waals surface area (Å²) in [7, 11) is -4.30. The van der Waals surface area contributed by atoms with Gasteiger partial charge in [0.2, 0.25) is 5.95 Å². The van der Waals surface area contributed by atoms with Gasteiger partial charge in [0.05, 0.1) is 19.0 Å². The molecule has 5 atom stereocenters. The van der Waals surface area contributed by atoms with Crippen LogP contribution in [0.25, 0.3) is 21.9 Å². The van der Waals surface area contributed by atoms with E-state index in [1.54, 1.807) is 12.1 Å². The first-order chi connectivity index (χ1) is 21.7. The number of anilines is 1. The lowest BCUT2D eigenvalue weighted by molar-refractivity contribution is -0.146. The van der Waals surface area contributed by atoms with Crippen molar-refractivity contribution in [3.63, 3.8) is 0 Å². The number of rotatable bonds is 11. The maximum atomic E-state index is 14.3. The van der Waals surface area contributed by atoms with E-state index in [1.165, 1.54) is 17.8 Å². The fourth-order valence-corrected chi connectivity index (χ4v) is 6.52. The number of esters is 1. The summed E-state index contributed by atoms with van der Waals surface area (Å²) in [6, 6.07) is 20.7. The second kappa shape index (κ2) is 12.8. The van der Waals surface area contributed by atoms with Crippen LogP contribution in [0.5, 0.6) is 5.75 Å². The van der Waals surface area contributed by atoms with Gasteiger partial charge >= 0.3 is 13.7 Å². The Labute approximate surface area is 256 Å². The summed E-state index contributed by atoms with van der Waals surface area (Å²) in [5, 5.41) is 15.0. The van der Waals surface area contributed by atoms with Crippen molar-refractivity contribution < 1.29 is 33.0 Å². The molecule has 15 heteroatoms. The van der Waals surface area contributed by atoms with Crippen LogP contribution in [0.1, 0.15) is 25.1 Å². The number of nitrogens with two attached hydrogens (primary N) is 1. The summed E-state index contributed by atoms with van der Waals surface area (Å²) in [6.45, 7) is 1.14. The Kier molecular flexibility index (Phi) is 8.65. The van der Waals surface area contributed by atoms with E-state index in [0.29, 0.717) is 5.39 Å². The van der Waals surface area contributed by atoms with E-state index in [2.05, 4.69) is 20.0 Å². The quantitative estimate of drug-likeness (QED) is 0.122. The molecule has 1 aliphatic rings. The third-order valence-corrected chi connectivity index (χ3v) is 8.90. The summed E-state index contributed by atoms with van der Waals surface area (Å²) in [6.07, 6.45) is -1.32. The minimum atomic E-state index is -4.30. The zero-order valence-electron chi connectivity index (χ0n) is 24.1. The Morgan fingerprint density at radius 2 is 1.93 bits per heavy atom. The van der Waals surface area contributed by atoms with Crippen LogP contribution in [0.3, 0.4) is 0 Å². The molecule has 1 saturated heterocycles. The zero-order chi connectivity index (χ0) is 31.6. The average molecular weight is 635 g/mol. The van der Waals surface area contributed by atoms with E-state index in [4.69, 9.17) is 24.3 Å². The van der Waals surface area contributed by atoms with Crippen molar-refractivity contribution in [1.82, 2.24) is 24.6 Å². The first-order valence-electron chi connectivity index (χ1n) is 14.2. The topological polar surface area (TPSA) is 193 Å². The van der Waals surface area contributed by atoms with Crippen LogP contribution in [-0.4, -0.2) is 55.5 Å². The highest BCUT2D eigenvalue weighted by Gasteiger charge is 2.40. The van der Waals surface area contributed by atoms with Gasteiger partial charge in [-0.25, -0.2) is 9.55 Å². The van der Waals surface area contributed by atoms with Gasteiger partial charge in [0, 0.05) is 11.8 Å². The van der Waals surface area contributed by atoms with Crippen molar-refractivity contribution in [3.05, 3.63) is 95.0 Å². The number of carbonyl (C=O) groups is 1. The number of aromatic nitrogens is 4. The van der Waals surface area contributed by atoms with Crippen LogP contribution >= 0.6 is 7.75 Å². The number of ether oxygens (including phenoxy) is 2. The van der Waals surface area contributed by atoms with E-state index in [0.717, 1.165) is 10.9 Å². The van der Waals surface area contributed by atoms with E-state index < -0.39 is 43.8 Å². The molecule has 0 aliphatic carbocycles. The molecular weight excluding hydrogens is 603 g/mol. The van der Waals surface area contributed by atoms with Crippen LogP contribution in [0.15, 0.2) is 83.9 Å². The Morgan fingerprint density at radius 1 is 1.18 bits per heavy atom. The number of benzene rings is 3. The van der Waals surface area contributed by atoms with Crippen molar-refractivity contribution in [2.45, 2.75) is 44.4 Å². The van der Waals surface area contributed by atoms with Crippen LogP contribution in [-0.2, 0) is 30.0 Å². The predicted molar refractivity (Wildman–Crippen MR) is 164 cm³/mol. The number of carbonyl (C=O) groups excluding carboxylic acids is 1. The SMILES string of the molecule is C[C@H](NP(=O)(OC[C@H]1O[C@@H](n2cnc3c(=O)[nH]c(N)nc32)C[C@@H]1O)Oc1cccc2ccccc12)C(=O)OCc1ccccc1. The largest absolute Gasteiger partial charge is 0.460 e. The Hall–Kier alpha value is -4.59. The van der Waals surface area contributed by atoms with Crippen molar-refractivity contribution in [3.8, 4) is 5.75 Å². The Morgan fingerprint density at radius 3 is 2.76 bits per heavy atom. The van der Waals surface area contributed by atoms with Gasteiger partial charge in [0.15, 0.2) is 11.2 Å². The van der Waals surface area contributed by atoms with Crippen molar-refractivity contribution in [1.29, 1.82) is 0 Å². The molecule has 1 fully saturated rings. The van der Waals surface area contributed by atoms with Crippen molar-refractivity contribution in [2.24, 2.45) is 0 Å². The van der Waals surface area contributed by atoms with Gasteiger partial charge in [-0.15, -0.1) is 0 Å². The second-order valence-electron chi connectivity index (χ2n) is 10.5.